The summed E-state index contributed by atoms with van der Waals surface area (Å²) >= 11 is 0. The van der Waals surface area contributed by atoms with Crippen molar-refractivity contribution in [3.63, 3.8) is 0 Å². The van der Waals surface area contributed by atoms with Crippen LogP contribution in [0.2, 0.25) is 0 Å². The topological polar surface area (TPSA) is 150 Å². The molecule has 4 N–H and O–H groups in total. The molecule has 1 saturated heterocycles. The molecule has 5 rings (SSSR count). The van der Waals surface area contributed by atoms with Crippen molar-refractivity contribution in [1.29, 1.82) is 0 Å². The van der Waals surface area contributed by atoms with E-state index >= 15 is 0 Å². The van der Waals surface area contributed by atoms with E-state index in [1.165, 1.54) is 0 Å². The lowest BCUT2D eigenvalue weighted by atomic mass is 10.0. The quantitative estimate of drug-likeness (QED) is 0.318. The first kappa shape index (κ1) is 21.0. The fourth-order valence-corrected chi connectivity index (χ4v) is 4.14. The second kappa shape index (κ2) is 8.56. The molecule has 12 heteroatoms. The maximum atomic E-state index is 10.6. The molecule has 172 valence electrons. The highest BCUT2D eigenvalue weighted by Gasteiger charge is 2.29. The van der Waals surface area contributed by atoms with Crippen molar-refractivity contribution < 1.29 is 24.6 Å². The smallest absolute Gasteiger partial charge is 0.492 e. The third-order valence-corrected chi connectivity index (χ3v) is 5.68. The van der Waals surface area contributed by atoms with Gasteiger partial charge in [0.2, 0.25) is 0 Å². The van der Waals surface area contributed by atoms with Crippen molar-refractivity contribution in [2.45, 2.75) is 25.5 Å². The Morgan fingerprint density at radius 1 is 1.36 bits per heavy atom. The van der Waals surface area contributed by atoms with Gasteiger partial charge in [-0.1, -0.05) is 0 Å². The van der Waals surface area contributed by atoms with Crippen LogP contribution in [0.1, 0.15) is 13.3 Å². The molecular weight excluding hydrogens is 430 g/mol. The molecule has 0 amide bonds. The van der Waals surface area contributed by atoms with Gasteiger partial charge in [0.1, 0.15) is 11.6 Å². The molecule has 0 spiro atoms. The number of anilines is 1. The molecule has 0 bridgehead atoms. The Balaban J connectivity index is 1.41. The number of hydrogen-bond acceptors (Lipinski definition) is 9. The van der Waals surface area contributed by atoms with Gasteiger partial charge in [-0.15, -0.1) is 10.6 Å². The van der Waals surface area contributed by atoms with Crippen molar-refractivity contribution in [3.05, 3.63) is 36.8 Å². The number of aromatic amines is 1. The summed E-state index contributed by atoms with van der Waals surface area (Å²) in [5.74, 6) is 1.41. The van der Waals surface area contributed by atoms with Crippen molar-refractivity contribution in [2.75, 3.05) is 24.6 Å². The predicted octanol–water partition coefficient (Wildman–Crippen LogP) is 1.81. The summed E-state index contributed by atoms with van der Waals surface area (Å²) in [6.45, 7) is 3.35. The summed E-state index contributed by atoms with van der Waals surface area (Å²) in [4.78, 5) is 21.5. The normalized spacial score (nSPS) is 18.7. The number of aromatic nitrogens is 5. The molecule has 12 nitrogen and oxygen atoms in total. The molecule has 4 aromatic heterocycles. The lowest BCUT2D eigenvalue weighted by Crippen LogP contribution is -2.53. The number of carbonyl (C=O) groups is 1. The van der Waals surface area contributed by atoms with Gasteiger partial charge >= 0.3 is 6.16 Å². The van der Waals surface area contributed by atoms with Crippen LogP contribution in [0.25, 0.3) is 27.7 Å². The molecule has 0 aliphatic carbocycles. The van der Waals surface area contributed by atoms with Crippen LogP contribution in [0.4, 0.5) is 10.6 Å². The molecule has 33 heavy (non-hydrogen) atoms. The van der Waals surface area contributed by atoms with Gasteiger partial charge in [0.25, 0.3) is 0 Å². The van der Waals surface area contributed by atoms with E-state index in [1.807, 2.05) is 36.2 Å². The zero-order valence-electron chi connectivity index (χ0n) is 17.8. The average Bonchev–Trinajstić information content (AvgIpc) is 3.39. The fourth-order valence-electron chi connectivity index (χ4n) is 4.14. The SMILES string of the molecule is CCOc1cc(-c2ccc(N3CC[C@H](NOC(=O)O)[C@H](O)C3)nc2)c2c3cn[nH]c3nn2c1. The summed E-state index contributed by atoms with van der Waals surface area (Å²) in [7, 11) is 0. The predicted molar refractivity (Wildman–Crippen MR) is 118 cm³/mol. The molecule has 1 aliphatic heterocycles. The van der Waals surface area contributed by atoms with E-state index in [2.05, 4.69) is 30.6 Å². The molecule has 0 unspecified atom stereocenters. The summed E-state index contributed by atoms with van der Waals surface area (Å²) < 4.78 is 7.51. The first-order chi connectivity index (χ1) is 16.0. The Morgan fingerprint density at radius 3 is 2.97 bits per heavy atom. The van der Waals surface area contributed by atoms with E-state index in [9.17, 15) is 9.90 Å². The largest absolute Gasteiger partial charge is 0.525 e. The number of hydroxylamine groups is 1. The minimum Gasteiger partial charge on any atom is -0.492 e. The van der Waals surface area contributed by atoms with Gasteiger partial charge in [0.15, 0.2) is 5.65 Å². The van der Waals surface area contributed by atoms with Crippen LogP contribution in [0.5, 0.6) is 5.75 Å². The number of aliphatic hydroxyl groups is 1. The summed E-state index contributed by atoms with van der Waals surface area (Å²) in [5, 5.41) is 31.4. The second-order valence-electron chi connectivity index (χ2n) is 7.75. The van der Waals surface area contributed by atoms with Crippen molar-refractivity contribution >= 4 is 28.5 Å². The molecule has 2 atom stereocenters. The van der Waals surface area contributed by atoms with Crippen LogP contribution in [0, 0.1) is 0 Å². The maximum absolute atomic E-state index is 10.6. The number of carboxylic acid groups (broad SMARTS) is 1. The number of fused-ring (bicyclic) bond motifs is 3. The van der Waals surface area contributed by atoms with Gasteiger partial charge in [-0.05, 0) is 31.5 Å². The lowest BCUT2D eigenvalue weighted by Gasteiger charge is -2.36. The summed E-state index contributed by atoms with van der Waals surface area (Å²) in [6, 6.07) is 5.37. The van der Waals surface area contributed by atoms with Crippen molar-refractivity contribution in [1.82, 2.24) is 30.3 Å². The van der Waals surface area contributed by atoms with Gasteiger partial charge in [0.05, 0.1) is 42.0 Å². The average molecular weight is 453 g/mol. The molecule has 1 fully saturated rings. The zero-order chi connectivity index (χ0) is 22.9. The van der Waals surface area contributed by atoms with E-state index in [-0.39, 0.29) is 0 Å². The second-order valence-corrected chi connectivity index (χ2v) is 7.75. The van der Waals surface area contributed by atoms with Gasteiger partial charge in [0, 0.05) is 30.4 Å². The summed E-state index contributed by atoms with van der Waals surface area (Å²) in [5.41, 5.74) is 5.78. The van der Waals surface area contributed by atoms with Crippen LogP contribution in [0.15, 0.2) is 36.8 Å². The highest BCUT2D eigenvalue weighted by Crippen LogP contribution is 2.33. The van der Waals surface area contributed by atoms with Gasteiger partial charge in [-0.3, -0.25) is 5.10 Å². The van der Waals surface area contributed by atoms with Gasteiger partial charge in [-0.25, -0.2) is 14.3 Å². The number of rotatable bonds is 6. The highest BCUT2D eigenvalue weighted by atomic mass is 16.8. The Hall–Kier alpha value is -3.90. The first-order valence-corrected chi connectivity index (χ1v) is 10.6. The minimum absolute atomic E-state index is 0.301. The first-order valence-electron chi connectivity index (χ1n) is 10.6. The molecule has 0 radical (unpaired) electrons. The lowest BCUT2D eigenvalue weighted by molar-refractivity contribution is -0.00987. The highest BCUT2D eigenvalue weighted by molar-refractivity contribution is 6.00. The van der Waals surface area contributed by atoms with Crippen LogP contribution >= 0.6 is 0 Å². The molecule has 0 saturated carbocycles. The van der Waals surface area contributed by atoms with Crippen LogP contribution in [0.3, 0.4) is 0 Å². The number of nitrogens with one attached hydrogen (secondary N) is 2. The third kappa shape index (κ3) is 4.01. The van der Waals surface area contributed by atoms with E-state index in [4.69, 9.17) is 9.84 Å². The number of β-amino-alcohol motifs (C(OH)–C–C–N with tert-alkyl or cyclic N) is 1. The number of H-pyrrole nitrogens is 1. The van der Waals surface area contributed by atoms with Crippen molar-refractivity contribution in [3.8, 4) is 16.9 Å². The number of pyridine rings is 2. The molecular formula is C21H23N7O5. The number of ether oxygens (including phenoxy) is 1. The Bertz CT molecular complexity index is 1290. The number of piperidine rings is 1. The number of hydrogen-bond donors (Lipinski definition) is 4. The van der Waals surface area contributed by atoms with Crippen LogP contribution < -0.4 is 15.1 Å². The maximum Gasteiger partial charge on any atom is 0.525 e. The van der Waals surface area contributed by atoms with Gasteiger partial charge in [-0.2, -0.15) is 5.10 Å². The molecule has 5 heterocycles. The third-order valence-electron chi connectivity index (χ3n) is 5.68. The Kier molecular flexibility index (Phi) is 5.44. The zero-order valence-corrected chi connectivity index (χ0v) is 17.8. The molecule has 1 aliphatic rings. The minimum atomic E-state index is -1.43. The van der Waals surface area contributed by atoms with E-state index in [0.29, 0.717) is 43.3 Å². The molecule has 4 aromatic rings. The fraction of sp³-hybridized carbons (Fsp3) is 0.333. The Morgan fingerprint density at radius 2 is 2.24 bits per heavy atom. The van der Waals surface area contributed by atoms with Crippen LogP contribution in [-0.4, -0.2) is 73.0 Å². The number of aliphatic hydroxyl groups excluding tert-OH is 1. The monoisotopic (exact) mass is 453 g/mol. The number of nitrogens with zero attached hydrogens (tertiary/aromatic N) is 5. The molecule has 0 aromatic carbocycles. The van der Waals surface area contributed by atoms with Crippen molar-refractivity contribution in [2.24, 2.45) is 0 Å². The Labute approximate surface area is 187 Å². The van der Waals surface area contributed by atoms with Gasteiger partial charge < -0.3 is 24.7 Å². The summed E-state index contributed by atoms with van der Waals surface area (Å²) in [6.07, 6.45) is 3.63. The van der Waals surface area contributed by atoms with E-state index in [0.717, 1.165) is 22.0 Å². The standard InChI is InChI=1S/C21H23N7O5/c1-2-32-13-7-14(19-15-9-23-24-20(15)25-28(19)10-13)12-3-4-18(22-8-12)27-6-5-16(17(29)11-27)26-33-21(30)31/h3-4,7-10,16-17,26,29H,2,5-6,11H2,1H3,(H,24,25)(H,30,31)/t16-,17+/m0/s1. The van der Waals surface area contributed by atoms with E-state index in [1.54, 1.807) is 16.9 Å². The van der Waals surface area contributed by atoms with Crippen LogP contribution in [-0.2, 0) is 4.84 Å². The van der Waals surface area contributed by atoms with E-state index < -0.39 is 18.3 Å².